The average Bonchev–Trinajstić information content (AvgIpc) is 1.38. The Morgan fingerprint density at radius 3 is 1.80 bits per heavy atom. The summed E-state index contributed by atoms with van der Waals surface area (Å²) < 4.78 is 0. The highest BCUT2D eigenvalue weighted by atomic mass is 33.1. The van der Waals surface area contributed by atoms with Crippen LogP contribution in [0.25, 0.3) is 0 Å². The number of hydrogen-bond donors (Lipinski definition) is 4. The third-order valence-corrected chi connectivity index (χ3v) is 0.805. The average molecular weight is 112 g/mol. The molecule has 0 fully saturated rings. The molecule has 0 aromatic heterocycles. The van der Waals surface area contributed by atoms with Crippen molar-refractivity contribution in [2.24, 2.45) is 0 Å². The van der Waals surface area contributed by atoms with Gasteiger partial charge in [0.15, 0.2) is 0 Å². The maximum absolute atomic E-state index is 7.74. The number of aliphatic hydroxyl groups is 2. The van der Waals surface area contributed by atoms with Gasteiger partial charge in [0, 0.05) is 0 Å². The van der Waals surface area contributed by atoms with Gasteiger partial charge in [-0.1, -0.05) is 10.4 Å². The van der Waals surface area contributed by atoms with E-state index in [-0.39, 0.29) is 10.4 Å². The van der Waals surface area contributed by atoms with Crippen LogP contribution in [0.1, 0.15) is 0 Å². The Morgan fingerprint density at radius 1 is 1.60 bits per heavy atom. The second-order valence-corrected chi connectivity index (χ2v) is 1.60. The molecule has 0 heterocycles. The SMILES string of the molecule is OC(O)=[SH]S. The fourth-order valence-electron chi connectivity index (χ4n) is 0. The summed E-state index contributed by atoms with van der Waals surface area (Å²) in [7, 11) is 0.219. The smallest absolute Gasteiger partial charge is 0.211 e. The minimum atomic E-state index is -0.659. The van der Waals surface area contributed by atoms with Crippen LogP contribution in [0, 0.1) is 0 Å². The Balaban J connectivity index is 3.14. The molecule has 0 rings (SSSR count). The normalized spacial score (nSPS) is 7.80. The molecular formula is CH4O2S2. The molecule has 4 heteroatoms. The van der Waals surface area contributed by atoms with Crippen molar-refractivity contribution in [1.82, 2.24) is 0 Å². The first-order chi connectivity index (χ1) is 2.27. The molecular weight excluding hydrogens is 108 g/mol. The second-order valence-electron chi connectivity index (χ2n) is 0.400. The van der Waals surface area contributed by atoms with E-state index in [4.69, 9.17) is 10.2 Å². The summed E-state index contributed by atoms with van der Waals surface area (Å²) in [6.45, 7) is 0. The Labute approximate surface area is 38.2 Å². The van der Waals surface area contributed by atoms with E-state index in [2.05, 4.69) is 11.7 Å². The van der Waals surface area contributed by atoms with Crippen LogP contribution in [0.3, 0.4) is 0 Å². The van der Waals surface area contributed by atoms with Crippen LogP contribution in [-0.2, 0) is 0 Å². The summed E-state index contributed by atoms with van der Waals surface area (Å²) in [5, 5.41) is 14.8. The second kappa shape index (κ2) is 2.71. The number of thiol groups is 2. The van der Waals surface area contributed by atoms with E-state index in [1.807, 2.05) is 0 Å². The van der Waals surface area contributed by atoms with Crippen molar-refractivity contribution in [1.29, 1.82) is 0 Å². The fourth-order valence-corrected chi connectivity index (χ4v) is 0. The van der Waals surface area contributed by atoms with Crippen molar-refractivity contribution < 1.29 is 10.2 Å². The van der Waals surface area contributed by atoms with E-state index in [0.29, 0.717) is 0 Å². The van der Waals surface area contributed by atoms with E-state index in [9.17, 15) is 0 Å². The first-order valence-electron chi connectivity index (χ1n) is 0.871. The Kier molecular flexibility index (Phi) is 2.98. The van der Waals surface area contributed by atoms with Crippen LogP contribution < -0.4 is 0 Å². The fraction of sp³-hybridized carbons (Fsp3) is 0. The Hall–Kier alpha value is 0.490. The van der Waals surface area contributed by atoms with Crippen LogP contribution >= 0.6 is 22.0 Å². The zero-order chi connectivity index (χ0) is 4.28. The van der Waals surface area contributed by atoms with Crippen LogP contribution in [0.4, 0.5) is 0 Å². The summed E-state index contributed by atoms with van der Waals surface area (Å²) >= 11 is 3.45. The molecule has 0 radical (unpaired) electrons. The highest BCUT2D eigenvalue weighted by Gasteiger charge is 1.65. The van der Waals surface area contributed by atoms with E-state index in [1.165, 1.54) is 0 Å². The Bertz CT molecular complexity index is 45.6. The molecule has 0 saturated heterocycles. The molecule has 0 amide bonds. The molecule has 0 bridgehead atoms. The predicted molar refractivity (Wildman–Crippen MR) is 28.2 cm³/mol. The number of rotatable bonds is 0. The lowest BCUT2D eigenvalue weighted by Crippen LogP contribution is -1.82. The van der Waals surface area contributed by atoms with E-state index >= 15 is 0 Å². The summed E-state index contributed by atoms with van der Waals surface area (Å²) in [5.41, 5.74) is 0. The van der Waals surface area contributed by atoms with Crippen molar-refractivity contribution >= 4 is 27.3 Å². The van der Waals surface area contributed by atoms with Gasteiger partial charge in [0.05, 0.1) is 0 Å². The number of aliphatic hydroxyl groups excluding tert-OH is 1. The quantitative estimate of drug-likeness (QED) is 0.209. The van der Waals surface area contributed by atoms with Crippen molar-refractivity contribution in [3.8, 4) is 0 Å². The molecule has 0 aromatic carbocycles. The minimum Gasteiger partial charge on any atom is -0.336 e. The van der Waals surface area contributed by atoms with Gasteiger partial charge in [-0.2, -0.15) is 0 Å². The standard InChI is InChI=1S/CH4O2S2/c2-1(3)5-4/h2-5H. The molecule has 2 nitrogen and oxygen atoms in total. The van der Waals surface area contributed by atoms with Gasteiger partial charge in [-0.3, -0.25) is 0 Å². The van der Waals surface area contributed by atoms with Crippen molar-refractivity contribution in [3.63, 3.8) is 0 Å². The van der Waals surface area contributed by atoms with Gasteiger partial charge >= 0.3 is 0 Å². The highest BCUT2D eigenvalue weighted by Crippen LogP contribution is 1.87. The first-order valence-corrected chi connectivity index (χ1v) is 2.92. The zero-order valence-corrected chi connectivity index (χ0v) is 4.08. The third kappa shape index (κ3) is 4.49. The van der Waals surface area contributed by atoms with E-state index < -0.39 is 5.24 Å². The molecule has 0 aliphatic heterocycles. The van der Waals surface area contributed by atoms with Gasteiger partial charge in [-0.05, 0) is 0 Å². The zero-order valence-electron chi connectivity index (χ0n) is 2.29. The van der Waals surface area contributed by atoms with Gasteiger partial charge < -0.3 is 10.2 Å². The van der Waals surface area contributed by atoms with Gasteiger partial charge in [-0.25, -0.2) is 0 Å². The Morgan fingerprint density at radius 2 is 1.80 bits per heavy atom. The molecule has 0 aromatic rings. The van der Waals surface area contributed by atoms with Crippen molar-refractivity contribution in [2.45, 2.75) is 0 Å². The van der Waals surface area contributed by atoms with Gasteiger partial charge in [-0.15, -0.1) is 11.7 Å². The third-order valence-electron chi connectivity index (χ3n) is 0.0894. The lowest BCUT2D eigenvalue weighted by atomic mass is 11.5. The first kappa shape index (κ1) is 5.49. The van der Waals surface area contributed by atoms with Crippen LogP contribution in [-0.4, -0.2) is 15.4 Å². The van der Waals surface area contributed by atoms with Gasteiger partial charge in [0.25, 0.3) is 0 Å². The summed E-state index contributed by atoms with van der Waals surface area (Å²) in [5.74, 6) is 0. The maximum Gasteiger partial charge on any atom is 0.211 e. The lowest BCUT2D eigenvalue weighted by molar-refractivity contribution is 0.385. The lowest BCUT2D eigenvalue weighted by Gasteiger charge is -1.72. The molecule has 0 aliphatic carbocycles. The van der Waals surface area contributed by atoms with E-state index in [1.54, 1.807) is 0 Å². The topological polar surface area (TPSA) is 40.5 Å². The minimum absolute atomic E-state index is 0.219. The van der Waals surface area contributed by atoms with Crippen molar-refractivity contribution in [2.75, 3.05) is 0 Å². The largest absolute Gasteiger partial charge is 0.336 e. The predicted octanol–water partition coefficient (Wildman–Crippen LogP) is 0.500. The monoisotopic (exact) mass is 112 g/mol. The van der Waals surface area contributed by atoms with Crippen LogP contribution in [0.2, 0.25) is 0 Å². The molecule has 0 saturated carbocycles. The number of hydrogen-bond acceptors (Lipinski definition) is 1. The summed E-state index contributed by atoms with van der Waals surface area (Å²) in [6, 6.07) is 0. The van der Waals surface area contributed by atoms with Gasteiger partial charge in [0.1, 0.15) is 0 Å². The van der Waals surface area contributed by atoms with E-state index in [0.717, 1.165) is 0 Å². The molecule has 0 spiro atoms. The molecule has 0 aliphatic rings. The van der Waals surface area contributed by atoms with Crippen LogP contribution in [0.5, 0.6) is 0 Å². The molecule has 32 valence electrons. The van der Waals surface area contributed by atoms with Crippen molar-refractivity contribution in [3.05, 3.63) is 0 Å². The molecule has 0 atom stereocenters. The van der Waals surface area contributed by atoms with Crippen LogP contribution in [0.15, 0.2) is 0 Å². The summed E-state index contributed by atoms with van der Waals surface area (Å²) in [4.78, 5) is 0. The maximum atomic E-state index is 7.74. The molecule has 5 heavy (non-hydrogen) atoms. The van der Waals surface area contributed by atoms with Gasteiger partial charge in [0.2, 0.25) is 5.24 Å². The molecule has 2 N–H and O–H groups in total. The summed E-state index contributed by atoms with van der Waals surface area (Å²) in [6.07, 6.45) is 0. The highest BCUT2D eigenvalue weighted by molar-refractivity contribution is 8.67. The molecule has 0 unspecified atom stereocenters.